The van der Waals surface area contributed by atoms with E-state index in [1.165, 1.54) is 0 Å². The van der Waals surface area contributed by atoms with Crippen LogP contribution in [0.5, 0.6) is 17.2 Å². The van der Waals surface area contributed by atoms with E-state index in [1.54, 1.807) is 38.5 Å². The monoisotopic (exact) mass is 541 g/mol. The quantitative estimate of drug-likeness (QED) is 0.311. The molecule has 10 heteroatoms. The lowest BCUT2D eigenvalue weighted by atomic mass is 10.1. The predicted octanol–water partition coefficient (Wildman–Crippen LogP) is 4.91. The molecule has 0 aliphatic carbocycles. The van der Waals surface area contributed by atoms with Gasteiger partial charge in [0.25, 0.3) is 0 Å². The van der Waals surface area contributed by atoms with Gasteiger partial charge in [0.15, 0.2) is 11.5 Å². The number of pyridine rings is 1. The SMILES string of the molecule is COc1ccc(CN2CCN(c3ccccn3)CC2)c(OC(=O)c2ccccc2)c1OC.Cl.Cl.Cl. The number of ether oxygens (including phenoxy) is 3. The van der Waals surface area contributed by atoms with E-state index in [2.05, 4.69) is 14.8 Å². The average molecular weight is 543 g/mol. The minimum atomic E-state index is -0.432. The molecule has 1 aromatic heterocycles. The molecule has 3 aromatic rings. The number of piperazine rings is 1. The molecule has 0 saturated carbocycles. The van der Waals surface area contributed by atoms with Gasteiger partial charge in [-0.3, -0.25) is 4.90 Å². The number of anilines is 1. The van der Waals surface area contributed by atoms with Gasteiger partial charge in [-0.15, -0.1) is 37.2 Å². The normalized spacial score (nSPS) is 12.9. The minimum absolute atomic E-state index is 0. The Hall–Kier alpha value is -2.71. The number of hydrogen-bond acceptors (Lipinski definition) is 7. The molecule has 4 rings (SSSR count). The van der Waals surface area contributed by atoms with Crippen LogP contribution in [0.15, 0.2) is 66.9 Å². The van der Waals surface area contributed by atoms with Crippen molar-refractivity contribution in [3.05, 3.63) is 78.0 Å². The summed E-state index contributed by atoms with van der Waals surface area (Å²) in [6, 6.07) is 18.7. The number of benzene rings is 2. The number of hydrogen-bond donors (Lipinski definition) is 0. The highest BCUT2D eigenvalue weighted by Gasteiger charge is 2.24. The van der Waals surface area contributed by atoms with Crippen molar-refractivity contribution < 1.29 is 19.0 Å². The Labute approximate surface area is 224 Å². The van der Waals surface area contributed by atoms with E-state index < -0.39 is 5.97 Å². The molecule has 0 spiro atoms. The zero-order valence-corrected chi connectivity index (χ0v) is 22.0. The Morgan fingerprint density at radius 3 is 2.11 bits per heavy atom. The third-order valence-corrected chi connectivity index (χ3v) is 5.53. The van der Waals surface area contributed by atoms with Crippen LogP contribution in [0.25, 0.3) is 0 Å². The molecule has 2 heterocycles. The van der Waals surface area contributed by atoms with Gasteiger partial charge in [0.2, 0.25) is 5.75 Å². The van der Waals surface area contributed by atoms with Crippen LogP contribution in [-0.4, -0.2) is 56.3 Å². The fraction of sp³-hybridized carbons (Fsp3) is 0.280. The molecule has 7 nitrogen and oxygen atoms in total. The van der Waals surface area contributed by atoms with Gasteiger partial charge in [-0.2, -0.15) is 0 Å². The summed E-state index contributed by atoms with van der Waals surface area (Å²) >= 11 is 0. The maximum atomic E-state index is 12.8. The number of aromatic nitrogens is 1. The molecule has 2 aromatic carbocycles. The van der Waals surface area contributed by atoms with Crippen LogP contribution in [0.2, 0.25) is 0 Å². The number of carbonyl (C=O) groups excluding carboxylic acids is 1. The molecule has 0 radical (unpaired) electrons. The summed E-state index contributed by atoms with van der Waals surface area (Å²) in [5, 5.41) is 0. The maximum Gasteiger partial charge on any atom is 0.343 e. The number of esters is 1. The summed E-state index contributed by atoms with van der Waals surface area (Å²) in [6.45, 7) is 4.13. The minimum Gasteiger partial charge on any atom is -0.493 e. The van der Waals surface area contributed by atoms with Crippen molar-refractivity contribution in [1.82, 2.24) is 9.88 Å². The lowest BCUT2D eigenvalue weighted by Gasteiger charge is -2.35. The summed E-state index contributed by atoms with van der Waals surface area (Å²) < 4.78 is 16.8. The number of nitrogens with zero attached hydrogens (tertiary/aromatic N) is 3. The summed E-state index contributed by atoms with van der Waals surface area (Å²) in [5.74, 6) is 1.90. The third-order valence-electron chi connectivity index (χ3n) is 5.53. The van der Waals surface area contributed by atoms with Gasteiger partial charge in [-0.25, -0.2) is 9.78 Å². The van der Waals surface area contributed by atoms with Gasteiger partial charge < -0.3 is 19.1 Å². The highest BCUT2D eigenvalue weighted by Crippen LogP contribution is 2.41. The van der Waals surface area contributed by atoms with Crippen molar-refractivity contribution in [3.63, 3.8) is 0 Å². The average Bonchev–Trinajstić information content (AvgIpc) is 2.86. The van der Waals surface area contributed by atoms with E-state index in [0.717, 1.165) is 37.6 Å². The molecular weight excluding hydrogens is 513 g/mol. The van der Waals surface area contributed by atoms with Gasteiger partial charge in [-0.05, 0) is 30.3 Å². The van der Waals surface area contributed by atoms with Crippen LogP contribution in [0.4, 0.5) is 5.82 Å². The summed E-state index contributed by atoms with van der Waals surface area (Å²) in [6.07, 6.45) is 1.82. The Bertz CT molecular complexity index is 1050. The first kappa shape index (κ1) is 30.3. The smallest absolute Gasteiger partial charge is 0.343 e. The first-order chi connectivity index (χ1) is 15.7. The second-order valence-electron chi connectivity index (χ2n) is 7.50. The fourth-order valence-corrected chi connectivity index (χ4v) is 3.82. The van der Waals surface area contributed by atoms with Crippen molar-refractivity contribution in [2.75, 3.05) is 45.3 Å². The first-order valence-electron chi connectivity index (χ1n) is 10.6. The largest absolute Gasteiger partial charge is 0.493 e. The Balaban J connectivity index is 0.00000204. The van der Waals surface area contributed by atoms with Crippen LogP contribution in [0, 0.1) is 0 Å². The molecule has 1 saturated heterocycles. The number of carbonyl (C=O) groups is 1. The molecule has 1 fully saturated rings. The van der Waals surface area contributed by atoms with Crippen LogP contribution in [-0.2, 0) is 6.54 Å². The van der Waals surface area contributed by atoms with Gasteiger partial charge >= 0.3 is 5.97 Å². The van der Waals surface area contributed by atoms with Crippen LogP contribution in [0.3, 0.4) is 0 Å². The molecule has 35 heavy (non-hydrogen) atoms. The van der Waals surface area contributed by atoms with Gasteiger partial charge in [0, 0.05) is 44.5 Å². The second kappa shape index (κ2) is 14.6. The Morgan fingerprint density at radius 1 is 0.829 bits per heavy atom. The zero-order chi connectivity index (χ0) is 22.3. The van der Waals surface area contributed by atoms with E-state index in [-0.39, 0.29) is 37.2 Å². The predicted molar refractivity (Wildman–Crippen MR) is 144 cm³/mol. The van der Waals surface area contributed by atoms with Crippen molar-refractivity contribution in [2.24, 2.45) is 0 Å². The highest BCUT2D eigenvalue weighted by atomic mass is 35.5. The first-order valence-corrected chi connectivity index (χ1v) is 10.6. The topological polar surface area (TPSA) is 64.1 Å². The highest BCUT2D eigenvalue weighted by molar-refractivity contribution is 5.91. The molecular formula is C25H30Cl3N3O4. The molecule has 0 bridgehead atoms. The van der Waals surface area contributed by atoms with Crippen LogP contribution in [0.1, 0.15) is 15.9 Å². The van der Waals surface area contributed by atoms with Crippen molar-refractivity contribution in [2.45, 2.75) is 6.54 Å². The second-order valence-corrected chi connectivity index (χ2v) is 7.50. The van der Waals surface area contributed by atoms with Gasteiger partial charge in [-0.1, -0.05) is 30.3 Å². The summed E-state index contributed by atoms with van der Waals surface area (Å²) in [5.41, 5.74) is 1.35. The molecule has 0 unspecified atom stereocenters. The van der Waals surface area contributed by atoms with E-state index in [1.807, 2.05) is 42.6 Å². The fourth-order valence-electron chi connectivity index (χ4n) is 3.82. The van der Waals surface area contributed by atoms with E-state index in [0.29, 0.717) is 29.4 Å². The van der Waals surface area contributed by atoms with Gasteiger partial charge in [0.05, 0.1) is 19.8 Å². The molecule has 0 N–H and O–H groups in total. The summed E-state index contributed by atoms with van der Waals surface area (Å²) in [7, 11) is 3.12. The molecule has 1 aliphatic heterocycles. The van der Waals surface area contributed by atoms with Gasteiger partial charge in [0.1, 0.15) is 5.82 Å². The maximum absolute atomic E-state index is 12.8. The van der Waals surface area contributed by atoms with Crippen LogP contribution >= 0.6 is 37.2 Å². The molecule has 1 aliphatic rings. The van der Waals surface area contributed by atoms with E-state index in [4.69, 9.17) is 14.2 Å². The lowest BCUT2D eigenvalue weighted by Crippen LogP contribution is -2.46. The molecule has 0 amide bonds. The summed E-state index contributed by atoms with van der Waals surface area (Å²) in [4.78, 5) is 21.8. The van der Waals surface area contributed by atoms with Crippen molar-refractivity contribution in [3.8, 4) is 17.2 Å². The number of rotatable bonds is 7. The van der Waals surface area contributed by atoms with E-state index >= 15 is 0 Å². The number of methoxy groups -OCH3 is 2. The lowest BCUT2D eigenvalue weighted by molar-refractivity contribution is 0.0725. The van der Waals surface area contributed by atoms with Crippen molar-refractivity contribution in [1.29, 1.82) is 0 Å². The third kappa shape index (κ3) is 7.39. The van der Waals surface area contributed by atoms with Crippen molar-refractivity contribution >= 4 is 49.0 Å². The Kier molecular flexibility index (Phi) is 12.7. The zero-order valence-electron chi connectivity index (χ0n) is 19.6. The van der Waals surface area contributed by atoms with E-state index in [9.17, 15) is 4.79 Å². The molecule has 0 atom stereocenters. The Morgan fingerprint density at radius 2 is 1.51 bits per heavy atom. The standard InChI is InChI=1S/C25H27N3O4.3ClH/c1-30-21-12-11-20(18-27-14-16-28(17-15-27)22-10-6-7-13-26-22)23(24(21)31-2)32-25(29)19-8-4-3-5-9-19;;;/h3-13H,14-18H2,1-2H3;3*1H. The number of halogens is 3. The van der Waals surface area contributed by atoms with Crippen LogP contribution < -0.4 is 19.1 Å². The molecule has 190 valence electrons.